The molecule has 4 aromatic rings. The van der Waals surface area contributed by atoms with Crippen molar-refractivity contribution in [2.75, 3.05) is 33.7 Å². The highest BCUT2D eigenvalue weighted by Gasteiger charge is 2.31. The molecule has 2 aromatic carbocycles. The van der Waals surface area contributed by atoms with Crippen molar-refractivity contribution in [2.24, 2.45) is 0 Å². The molecule has 34 heavy (non-hydrogen) atoms. The number of nitrogens with zero attached hydrogens (tertiary/aromatic N) is 5. The molecule has 172 valence electrons. The van der Waals surface area contributed by atoms with E-state index in [1.165, 1.54) is 0 Å². The Morgan fingerprint density at radius 3 is 2.53 bits per heavy atom. The van der Waals surface area contributed by atoms with Gasteiger partial charge in [0.05, 0.1) is 17.9 Å². The lowest BCUT2D eigenvalue weighted by atomic mass is 10.1. The summed E-state index contributed by atoms with van der Waals surface area (Å²) in [7, 11) is 3.96. The Hall–Kier alpha value is -3.97. The first-order valence-corrected chi connectivity index (χ1v) is 11.3. The number of hydrogen-bond acceptors (Lipinski definition) is 5. The van der Waals surface area contributed by atoms with Gasteiger partial charge in [-0.2, -0.15) is 0 Å². The predicted molar refractivity (Wildman–Crippen MR) is 133 cm³/mol. The van der Waals surface area contributed by atoms with E-state index >= 15 is 0 Å². The maximum atomic E-state index is 12.3. The van der Waals surface area contributed by atoms with E-state index in [0.29, 0.717) is 13.1 Å². The lowest BCUT2D eigenvalue weighted by molar-refractivity contribution is -0.131. The van der Waals surface area contributed by atoms with Gasteiger partial charge in [-0.25, -0.2) is 4.98 Å². The van der Waals surface area contributed by atoms with Crippen molar-refractivity contribution < 1.29 is 9.53 Å². The molecule has 1 saturated heterocycles. The normalized spacial score (nSPS) is 14.1. The van der Waals surface area contributed by atoms with Gasteiger partial charge in [0, 0.05) is 37.5 Å². The van der Waals surface area contributed by atoms with Gasteiger partial charge in [0.1, 0.15) is 17.0 Å². The highest BCUT2D eigenvalue weighted by Crippen LogP contribution is 2.28. The largest absolute Gasteiger partial charge is 0.457 e. The van der Waals surface area contributed by atoms with Gasteiger partial charge < -0.3 is 19.1 Å². The number of hydrogen-bond donors (Lipinski definition) is 0. The maximum Gasteiger partial charge on any atom is 0.246 e. The smallest absolute Gasteiger partial charge is 0.246 e. The fourth-order valence-electron chi connectivity index (χ4n) is 3.95. The van der Waals surface area contributed by atoms with Crippen LogP contribution >= 0.6 is 0 Å². The van der Waals surface area contributed by atoms with Crippen LogP contribution in [0.3, 0.4) is 0 Å². The molecule has 0 spiro atoms. The van der Waals surface area contributed by atoms with Crippen LogP contribution in [0.2, 0.25) is 0 Å². The monoisotopic (exact) mass is 453 g/mol. The molecule has 7 heteroatoms. The molecule has 1 fully saturated rings. The van der Waals surface area contributed by atoms with Crippen molar-refractivity contribution in [3.8, 4) is 22.8 Å². The van der Waals surface area contributed by atoms with Crippen LogP contribution < -0.4 is 4.74 Å². The molecule has 0 N–H and O–H groups in total. The second-order valence-electron chi connectivity index (χ2n) is 8.69. The minimum Gasteiger partial charge on any atom is -0.457 e. The van der Waals surface area contributed by atoms with E-state index in [9.17, 15) is 4.79 Å². The molecule has 1 amide bonds. The Labute approximate surface area is 198 Å². The van der Waals surface area contributed by atoms with Crippen LogP contribution in [0.4, 0.5) is 0 Å². The highest BCUT2D eigenvalue weighted by atomic mass is 16.5. The molecule has 5 rings (SSSR count). The second kappa shape index (κ2) is 9.49. The maximum absolute atomic E-state index is 12.3. The van der Waals surface area contributed by atoms with Gasteiger partial charge in [0.15, 0.2) is 5.65 Å². The average Bonchev–Trinajstić information content (AvgIpc) is 3.22. The number of likely N-dealkylation sites (N-methyl/N-ethyl adjacent to an activating group) is 1. The Balaban J connectivity index is 1.28. The van der Waals surface area contributed by atoms with Crippen LogP contribution in [0, 0.1) is 0 Å². The predicted octanol–water partition coefficient (Wildman–Crippen LogP) is 4.39. The summed E-state index contributed by atoms with van der Waals surface area (Å²) >= 11 is 0. The van der Waals surface area contributed by atoms with E-state index in [1.54, 1.807) is 12.3 Å². The van der Waals surface area contributed by atoms with E-state index in [1.807, 2.05) is 96.8 Å². The second-order valence-corrected chi connectivity index (χ2v) is 8.69. The van der Waals surface area contributed by atoms with E-state index in [2.05, 4.69) is 9.55 Å². The lowest BCUT2D eigenvalue weighted by Gasteiger charge is -2.39. The van der Waals surface area contributed by atoms with E-state index in [-0.39, 0.29) is 11.9 Å². The molecule has 0 bridgehead atoms. The van der Waals surface area contributed by atoms with Gasteiger partial charge in [-0.15, -0.1) is 0 Å². The van der Waals surface area contributed by atoms with E-state index < -0.39 is 0 Å². The minimum absolute atomic E-state index is 0.0548. The van der Waals surface area contributed by atoms with Crippen LogP contribution in [-0.2, 0) is 4.79 Å². The molecule has 2 aromatic heterocycles. The average molecular weight is 454 g/mol. The van der Waals surface area contributed by atoms with E-state index in [0.717, 1.165) is 40.5 Å². The van der Waals surface area contributed by atoms with E-state index in [4.69, 9.17) is 9.72 Å². The molecule has 3 heterocycles. The summed E-state index contributed by atoms with van der Waals surface area (Å²) in [6, 6.07) is 19.7. The van der Waals surface area contributed by atoms with Gasteiger partial charge in [-0.1, -0.05) is 24.3 Å². The number of carbonyl (C=O) groups is 1. The summed E-state index contributed by atoms with van der Waals surface area (Å²) in [5.74, 6) is 1.63. The Morgan fingerprint density at radius 1 is 1.06 bits per heavy atom. The quantitative estimate of drug-likeness (QED) is 0.388. The van der Waals surface area contributed by atoms with Crippen LogP contribution in [-0.4, -0.2) is 64.0 Å². The molecule has 1 aliphatic rings. The SMILES string of the molecule is CN(C)C/C=C/C(=O)N1CC(n2ccc3ncc(-c4ccc(Oc5ccccc5)cc4)nc32)C1. The molecule has 7 nitrogen and oxygen atoms in total. The third-order valence-electron chi connectivity index (χ3n) is 5.85. The molecule has 0 atom stereocenters. The van der Waals surface area contributed by atoms with Crippen molar-refractivity contribution >= 4 is 17.1 Å². The Bertz CT molecular complexity index is 1310. The number of carbonyl (C=O) groups excluding carboxylic acids is 1. The van der Waals surface area contributed by atoms with Crippen molar-refractivity contribution in [3.63, 3.8) is 0 Å². The third kappa shape index (κ3) is 4.70. The Morgan fingerprint density at radius 2 is 1.79 bits per heavy atom. The number of benzene rings is 2. The minimum atomic E-state index is 0.0548. The van der Waals surface area contributed by atoms with Crippen LogP contribution in [0.5, 0.6) is 11.5 Å². The zero-order valence-electron chi connectivity index (χ0n) is 19.3. The first-order valence-electron chi connectivity index (χ1n) is 11.3. The summed E-state index contributed by atoms with van der Waals surface area (Å²) in [6.45, 7) is 2.10. The van der Waals surface area contributed by atoms with Gasteiger partial charge in [0.2, 0.25) is 5.91 Å². The topological polar surface area (TPSA) is 63.5 Å². The lowest BCUT2D eigenvalue weighted by Crippen LogP contribution is -2.50. The fourth-order valence-corrected chi connectivity index (χ4v) is 3.95. The number of fused-ring (bicyclic) bond motifs is 1. The molecule has 0 aliphatic carbocycles. The number of rotatable bonds is 7. The molecule has 0 unspecified atom stereocenters. The molecule has 0 saturated carbocycles. The molecular formula is C27H27N5O2. The highest BCUT2D eigenvalue weighted by molar-refractivity contribution is 5.88. The molecular weight excluding hydrogens is 426 g/mol. The summed E-state index contributed by atoms with van der Waals surface area (Å²) in [5.41, 5.74) is 3.46. The van der Waals surface area contributed by atoms with Crippen molar-refractivity contribution in [1.29, 1.82) is 0 Å². The number of amides is 1. The van der Waals surface area contributed by atoms with Gasteiger partial charge in [-0.3, -0.25) is 9.78 Å². The van der Waals surface area contributed by atoms with Gasteiger partial charge >= 0.3 is 0 Å². The number of likely N-dealkylation sites (tertiary alicyclic amines) is 1. The molecule has 0 radical (unpaired) electrons. The third-order valence-corrected chi connectivity index (χ3v) is 5.85. The molecule has 1 aliphatic heterocycles. The van der Waals surface area contributed by atoms with Crippen molar-refractivity contribution in [3.05, 3.63) is 85.2 Å². The number of ether oxygens (including phenoxy) is 1. The Kier molecular flexibility index (Phi) is 6.10. The standard InChI is InChI=1S/C27H27N5O2/c1-30(2)15-6-9-26(33)31-18-21(19-31)32-16-14-24-27(32)29-25(17-28-24)20-10-12-23(13-11-20)34-22-7-4-3-5-8-22/h3-14,16-17,21H,15,18-19H2,1-2H3/b9-6+. The summed E-state index contributed by atoms with van der Waals surface area (Å²) in [4.78, 5) is 25.7. The number of aromatic nitrogens is 3. The van der Waals surface area contributed by atoms with Gasteiger partial charge in [0.25, 0.3) is 0 Å². The summed E-state index contributed by atoms with van der Waals surface area (Å²) in [5, 5.41) is 0. The van der Waals surface area contributed by atoms with Crippen LogP contribution in [0.15, 0.2) is 85.2 Å². The van der Waals surface area contributed by atoms with Crippen molar-refractivity contribution in [1.82, 2.24) is 24.3 Å². The first-order chi connectivity index (χ1) is 16.6. The van der Waals surface area contributed by atoms with Gasteiger partial charge in [-0.05, 0) is 56.6 Å². The first kappa shape index (κ1) is 21.9. The van der Waals surface area contributed by atoms with Crippen molar-refractivity contribution in [2.45, 2.75) is 6.04 Å². The zero-order chi connectivity index (χ0) is 23.5. The zero-order valence-corrected chi connectivity index (χ0v) is 19.3. The number of para-hydroxylation sites is 1. The summed E-state index contributed by atoms with van der Waals surface area (Å²) < 4.78 is 8.02. The fraction of sp³-hybridized carbons (Fsp3) is 0.222. The van der Waals surface area contributed by atoms with Crippen LogP contribution in [0.1, 0.15) is 6.04 Å². The van der Waals surface area contributed by atoms with Crippen LogP contribution in [0.25, 0.3) is 22.4 Å². The summed E-state index contributed by atoms with van der Waals surface area (Å²) in [6.07, 6.45) is 7.37.